The van der Waals surface area contributed by atoms with Crippen LogP contribution < -0.4 is 4.74 Å². The largest absolute Gasteiger partial charge is 0.473 e. The molecule has 6 rings (SSSR count). The van der Waals surface area contributed by atoms with Crippen LogP contribution in [-0.2, 0) is 21.4 Å². The zero-order chi connectivity index (χ0) is 24.7. The van der Waals surface area contributed by atoms with E-state index in [2.05, 4.69) is 30.1 Å². The Bertz CT molecular complexity index is 1170. The van der Waals surface area contributed by atoms with Crippen molar-refractivity contribution in [2.45, 2.75) is 88.7 Å². The van der Waals surface area contributed by atoms with E-state index in [-0.39, 0.29) is 6.10 Å². The van der Waals surface area contributed by atoms with Crippen LogP contribution in [0.1, 0.15) is 81.7 Å². The Morgan fingerprint density at radius 1 is 1.14 bits per heavy atom. The summed E-state index contributed by atoms with van der Waals surface area (Å²) in [6.45, 7) is 4.47. The minimum absolute atomic E-state index is 0.00567. The van der Waals surface area contributed by atoms with Crippen LogP contribution in [-0.4, -0.2) is 64.8 Å². The van der Waals surface area contributed by atoms with Gasteiger partial charge in [0.15, 0.2) is 17.3 Å². The number of aromatic nitrogens is 3. The van der Waals surface area contributed by atoms with Crippen LogP contribution in [0.4, 0.5) is 0 Å². The molecule has 0 amide bonds. The van der Waals surface area contributed by atoms with Gasteiger partial charge in [-0.1, -0.05) is 17.7 Å². The smallest absolute Gasteiger partial charge is 0.217 e. The number of nitrogens with zero attached hydrogens (tertiary/aromatic N) is 4. The molecule has 2 aromatic heterocycles. The van der Waals surface area contributed by atoms with Crippen molar-refractivity contribution < 1.29 is 18.8 Å². The summed E-state index contributed by atoms with van der Waals surface area (Å²) in [7, 11) is 2.16. The highest BCUT2D eigenvalue weighted by atomic mass is 16.5. The Morgan fingerprint density at radius 2 is 2.03 bits per heavy atom. The van der Waals surface area contributed by atoms with Crippen molar-refractivity contribution in [3.05, 3.63) is 29.2 Å². The fraction of sp³-hybridized carbons (Fsp3) is 0.643. The molecule has 8 nitrogen and oxygen atoms in total. The zero-order valence-electron chi connectivity index (χ0n) is 21.4. The maximum atomic E-state index is 13.1. The van der Waals surface area contributed by atoms with E-state index in [0.29, 0.717) is 48.9 Å². The summed E-state index contributed by atoms with van der Waals surface area (Å²) in [6, 6.07) is 2.32. The van der Waals surface area contributed by atoms with E-state index in [0.717, 1.165) is 80.5 Å². The lowest BCUT2D eigenvalue weighted by atomic mass is 9.64. The van der Waals surface area contributed by atoms with Crippen LogP contribution in [0.3, 0.4) is 0 Å². The molecule has 192 valence electrons. The molecule has 4 heterocycles. The lowest BCUT2D eigenvalue weighted by Crippen LogP contribution is -2.41. The first-order valence-electron chi connectivity index (χ1n) is 13.6. The first kappa shape index (κ1) is 23.8. The second-order valence-electron chi connectivity index (χ2n) is 10.9. The second-order valence-corrected chi connectivity index (χ2v) is 10.9. The third-order valence-corrected chi connectivity index (χ3v) is 8.68. The molecule has 1 spiro atoms. The van der Waals surface area contributed by atoms with Crippen molar-refractivity contribution in [2.75, 3.05) is 26.8 Å². The van der Waals surface area contributed by atoms with Gasteiger partial charge in [-0.15, -0.1) is 0 Å². The molecule has 2 aliphatic heterocycles. The van der Waals surface area contributed by atoms with Gasteiger partial charge in [-0.05, 0) is 77.5 Å². The average molecular weight is 493 g/mol. The Balaban J connectivity index is 1.39. The number of ketones is 1. The first-order valence-corrected chi connectivity index (χ1v) is 13.6. The van der Waals surface area contributed by atoms with Crippen molar-refractivity contribution in [3.63, 3.8) is 0 Å². The molecule has 2 fully saturated rings. The van der Waals surface area contributed by atoms with Crippen LogP contribution in [0, 0.1) is 0 Å². The van der Waals surface area contributed by atoms with Crippen molar-refractivity contribution in [1.29, 1.82) is 0 Å². The van der Waals surface area contributed by atoms with E-state index in [1.807, 2.05) is 6.07 Å². The lowest BCUT2D eigenvalue weighted by molar-refractivity contribution is -0.128. The van der Waals surface area contributed by atoms with Crippen LogP contribution in [0.2, 0.25) is 0 Å². The van der Waals surface area contributed by atoms with Gasteiger partial charge < -0.3 is 14.0 Å². The molecule has 0 radical (unpaired) electrons. The maximum absolute atomic E-state index is 13.1. The summed E-state index contributed by atoms with van der Waals surface area (Å²) < 4.78 is 18.0. The molecule has 3 atom stereocenters. The standard InChI is InChI=1S/C28H36N4O4/c1-18(22-8-6-14-32(22)2)35-24-17-21(19-10-15-34-16-11-19)29-27(30-24)25-20-7-5-13-28(26(20)36-31-25)12-4-3-9-23(28)33/h10,17-18,22H,3-9,11-16H2,1-2H3/t18-,22-,28+/m0/s1. The molecule has 4 aliphatic rings. The highest BCUT2D eigenvalue weighted by Gasteiger charge is 2.48. The highest BCUT2D eigenvalue weighted by molar-refractivity contribution is 5.91. The van der Waals surface area contributed by atoms with Gasteiger partial charge in [0, 0.05) is 24.1 Å². The van der Waals surface area contributed by atoms with E-state index in [9.17, 15) is 4.79 Å². The summed E-state index contributed by atoms with van der Waals surface area (Å²) in [5, 5.41) is 4.49. The molecule has 2 aromatic rings. The Hall–Kier alpha value is -2.58. The molecule has 0 bridgehead atoms. The van der Waals surface area contributed by atoms with Crippen LogP contribution in [0.15, 0.2) is 16.7 Å². The number of carbonyl (C=O) groups excluding carboxylic acids is 1. The van der Waals surface area contributed by atoms with Gasteiger partial charge in [0.2, 0.25) is 5.88 Å². The third-order valence-electron chi connectivity index (χ3n) is 8.68. The summed E-state index contributed by atoms with van der Waals surface area (Å²) in [5.74, 6) is 2.15. The normalized spacial score (nSPS) is 27.7. The number of rotatable bonds is 5. The van der Waals surface area contributed by atoms with E-state index in [1.54, 1.807) is 0 Å². The van der Waals surface area contributed by atoms with Gasteiger partial charge in [0.1, 0.15) is 11.9 Å². The summed E-state index contributed by atoms with van der Waals surface area (Å²) in [6.07, 6.45) is 11.3. The summed E-state index contributed by atoms with van der Waals surface area (Å²) >= 11 is 0. The number of carbonyl (C=O) groups is 1. The molecule has 36 heavy (non-hydrogen) atoms. The highest BCUT2D eigenvalue weighted by Crippen LogP contribution is 2.47. The fourth-order valence-corrected chi connectivity index (χ4v) is 6.68. The minimum atomic E-state index is -0.515. The summed E-state index contributed by atoms with van der Waals surface area (Å²) in [5.41, 5.74) is 3.13. The van der Waals surface area contributed by atoms with Crippen molar-refractivity contribution in [3.8, 4) is 17.4 Å². The number of hydrogen-bond acceptors (Lipinski definition) is 8. The lowest BCUT2D eigenvalue weighted by Gasteiger charge is -2.36. The van der Waals surface area contributed by atoms with E-state index < -0.39 is 5.41 Å². The van der Waals surface area contributed by atoms with Crippen molar-refractivity contribution in [2.24, 2.45) is 0 Å². The van der Waals surface area contributed by atoms with Crippen LogP contribution in [0.5, 0.6) is 5.88 Å². The Morgan fingerprint density at radius 3 is 2.81 bits per heavy atom. The van der Waals surface area contributed by atoms with Crippen molar-refractivity contribution >= 4 is 11.4 Å². The predicted molar refractivity (Wildman–Crippen MR) is 135 cm³/mol. The Kier molecular flexibility index (Phi) is 6.42. The molecule has 0 N–H and O–H groups in total. The van der Waals surface area contributed by atoms with E-state index in [4.69, 9.17) is 24.0 Å². The minimum Gasteiger partial charge on any atom is -0.473 e. The van der Waals surface area contributed by atoms with Gasteiger partial charge in [0.05, 0.1) is 24.3 Å². The average Bonchev–Trinajstić information content (AvgIpc) is 3.53. The van der Waals surface area contributed by atoms with Gasteiger partial charge in [-0.3, -0.25) is 9.69 Å². The van der Waals surface area contributed by atoms with E-state index in [1.165, 1.54) is 6.42 Å². The molecular formula is C28H36N4O4. The number of likely N-dealkylation sites (N-methyl/N-ethyl adjacent to an activating group) is 1. The first-order chi connectivity index (χ1) is 17.5. The SMILES string of the molecule is C[C@H](Oc1cc(C2=CCOCC2)nc(-c2noc3c2CCC[C@@]32CCCCC2=O)n1)[C@@H]1CCCN1C. The van der Waals surface area contributed by atoms with Gasteiger partial charge >= 0.3 is 0 Å². The molecule has 0 unspecified atom stereocenters. The molecule has 1 saturated heterocycles. The monoisotopic (exact) mass is 492 g/mol. The number of likely N-dealkylation sites (tertiary alicyclic amines) is 1. The molecule has 0 aromatic carbocycles. The molecule has 2 aliphatic carbocycles. The van der Waals surface area contributed by atoms with Crippen molar-refractivity contribution in [1.82, 2.24) is 20.0 Å². The second kappa shape index (κ2) is 9.71. The van der Waals surface area contributed by atoms with Crippen LogP contribution >= 0.6 is 0 Å². The predicted octanol–water partition coefficient (Wildman–Crippen LogP) is 4.51. The number of Topliss-reactive ketones (excluding diaryl/α,β-unsaturated/α-hetero) is 1. The van der Waals surface area contributed by atoms with Gasteiger partial charge in [0.25, 0.3) is 0 Å². The molecular weight excluding hydrogens is 456 g/mol. The third kappa shape index (κ3) is 4.18. The van der Waals surface area contributed by atoms with Gasteiger partial charge in [-0.25, -0.2) is 4.98 Å². The molecule has 8 heteroatoms. The zero-order valence-corrected chi connectivity index (χ0v) is 21.4. The van der Waals surface area contributed by atoms with Gasteiger partial charge in [-0.2, -0.15) is 4.98 Å². The number of hydrogen-bond donors (Lipinski definition) is 0. The Labute approximate surface area is 212 Å². The fourth-order valence-electron chi connectivity index (χ4n) is 6.68. The number of fused-ring (bicyclic) bond motifs is 2. The maximum Gasteiger partial charge on any atom is 0.217 e. The molecule has 1 saturated carbocycles. The van der Waals surface area contributed by atoms with E-state index >= 15 is 0 Å². The number of ether oxygens (including phenoxy) is 2. The topological polar surface area (TPSA) is 90.6 Å². The summed E-state index contributed by atoms with van der Waals surface area (Å²) in [4.78, 5) is 25.3. The van der Waals surface area contributed by atoms with Crippen LogP contribution in [0.25, 0.3) is 17.1 Å². The quantitative estimate of drug-likeness (QED) is 0.602.